The Morgan fingerprint density at radius 1 is 1.04 bits per heavy atom. The highest BCUT2D eigenvalue weighted by molar-refractivity contribution is 6.22. The number of ether oxygens (including phenoxy) is 1. The zero-order valence-corrected chi connectivity index (χ0v) is 31.7. The Morgan fingerprint density at radius 2 is 1.63 bits per heavy atom. The van der Waals surface area contributed by atoms with E-state index in [1.54, 1.807) is 46.8 Å². The number of aryl methyl sites for hydroxylation is 1. The Labute approximate surface area is 295 Å². The van der Waals surface area contributed by atoms with Crippen LogP contribution in [-0.4, -0.2) is 23.1 Å². The van der Waals surface area contributed by atoms with Crippen molar-refractivity contribution in [2.24, 2.45) is 21.6 Å². The van der Waals surface area contributed by atoms with Gasteiger partial charge in [0.05, 0.1) is 11.7 Å². The molecule has 3 N–H and O–H groups in total. The molecule has 0 bridgehead atoms. The van der Waals surface area contributed by atoms with E-state index >= 15 is 0 Å². The van der Waals surface area contributed by atoms with Gasteiger partial charge in [0, 0.05) is 11.3 Å². The molecule has 49 heavy (non-hydrogen) atoms. The van der Waals surface area contributed by atoms with Crippen LogP contribution in [0, 0.1) is 16.6 Å². The maximum atomic E-state index is 12.4. The van der Waals surface area contributed by atoms with E-state index in [9.17, 15) is 19.1 Å². The molecule has 268 valence electrons. The van der Waals surface area contributed by atoms with Crippen LogP contribution in [-0.2, 0) is 20.7 Å². The van der Waals surface area contributed by atoms with Crippen molar-refractivity contribution in [3.8, 4) is 0 Å². The van der Waals surface area contributed by atoms with Gasteiger partial charge in [-0.15, -0.1) is 0 Å². The molecule has 2 aromatic carbocycles. The molecule has 0 saturated heterocycles. The van der Waals surface area contributed by atoms with E-state index in [2.05, 4.69) is 44.6 Å². The third-order valence-electron chi connectivity index (χ3n) is 8.17. The lowest BCUT2D eigenvalue weighted by atomic mass is 9.78. The molecule has 0 aliphatic rings. The number of aliphatic imine (C=N–C) groups is 1. The van der Waals surface area contributed by atoms with Crippen LogP contribution in [0.2, 0.25) is 0 Å². The third kappa shape index (κ3) is 13.1. The fourth-order valence-electron chi connectivity index (χ4n) is 4.98. The molecule has 0 spiro atoms. The predicted octanol–water partition coefficient (Wildman–Crippen LogP) is 11.0. The summed E-state index contributed by atoms with van der Waals surface area (Å²) in [5.74, 6) is -0.469. The Hall–Kier alpha value is -4.52. The molecule has 0 aliphatic carbocycles. The van der Waals surface area contributed by atoms with Gasteiger partial charge in [0.1, 0.15) is 29.1 Å². The van der Waals surface area contributed by atoms with Crippen LogP contribution in [0.3, 0.4) is 0 Å². The quantitative estimate of drug-likeness (QED) is 0.0847. The minimum Gasteiger partial charge on any atom is -0.481 e. The Morgan fingerprint density at radius 3 is 2.10 bits per heavy atom. The van der Waals surface area contributed by atoms with Crippen LogP contribution >= 0.6 is 0 Å². The van der Waals surface area contributed by atoms with Crippen molar-refractivity contribution in [3.05, 3.63) is 125 Å². The van der Waals surface area contributed by atoms with Gasteiger partial charge < -0.3 is 20.4 Å². The summed E-state index contributed by atoms with van der Waals surface area (Å²) in [7, 11) is 0. The Bertz CT molecular complexity index is 1560. The Kier molecular flexibility index (Phi) is 18.8. The van der Waals surface area contributed by atoms with Gasteiger partial charge in [0.15, 0.2) is 0 Å². The topological polar surface area (TPSA) is 102 Å². The zero-order valence-electron chi connectivity index (χ0n) is 31.7. The van der Waals surface area contributed by atoms with Crippen molar-refractivity contribution in [2.75, 3.05) is 0 Å². The molecular weight excluding hydrogens is 615 g/mol. The molecule has 2 atom stereocenters. The summed E-state index contributed by atoms with van der Waals surface area (Å²) in [6, 6.07) is 14.8. The number of halogens is 1. The van der Waals surface area contributed by atoms with Crippen molar-refractivity contribution >= 4 is 23.5 Å². The molecule has 0 fully saturated rings. The van der Waals surface area contributed by atoms with Gasteiger partial charge >= 0.3 is 5.97 Å². The Balaban J connectivity index is 0.00000178. The SMILES string of the molecule is C=C(C)/C(=C(N)\N=C(/C)C(=C)c1ccccc1[C@H](C)CC)C(C)(C=O)C(=C)O/C=C(\C)CC(C)(C)C(=O)O.CC.CCc1cccc(F)c1. The van der Waals surface area contributed by atoms with Gasteiger partial charge in [-0.3, -0.25) is 4.79 Å². The molecule has 0 aromatic heterocycles. The number of hydrogen-bond donors (Lipinski definition) is 2. The minimum absolute atomic E-state index is 0.115. The summed E-state index contributed by atoms with van der Waals surface area (Å²) in [5.41, 5.74) is 10.4. The van der Waals surface area contributed by atoms with Gasteiger partial charge in [-0.1, -0.05) is 90.8 Å². The van der Waals surface area contributed by atoms with E-state index in [1.165, 1.54) is 17.9 Å². The standard InChI is InChI=1S/C32H44N2O4.C8H9F.C2H6/c1-12-22(5)26-15-13-14-16-27(26)23(6)24(7)34-29(33)28(20(2)3)32(11,19-35)25(8)38-18-21(4)17-31(9,10)30(36)37;1-2-7-4-3-5-8(9)6-7;1-2/h13-16,18-19,22H,2,6,8,12,17,33H2,1,3-5,7,9-11H3,(H,36,37);3-6H,2H2,1H3;1-2H3/b21-18+,29-28+,34-24+;;/t22-,32?;;/m1../s1. The van der Waals surface area contributed by atoms with Crippen LogP contribution in [0.1, 0.15) is 112 Å². The number of benzene rings is 2. The summed E-state index contributed by atoms with van der Waals surface area (Å²) in [6.45, 7) is 32.8. The minimum atomic E-state index is -1.35. The molecule has 0 saturated carbocycles. The predicted molar refractivity (Wildman–Crippen MR) is 205 cm³/mol. The summed E-state index contributed by atoms with van der Waals surface area (Å²) >= 11 is 0. The van der Waals surface area contributed by atoms with Crippen LogP contribution in [0.15, 0.2) is 108 Å². The molecule has 1 unspecified atom stereocenters. The average molecular weight is 675 g/mol. The number of carbonyl (C=O) groups is 2. The molecule has 0 aliphatic heterocycles. The first-order chi connectivity index (χ1) is 22.9. The largest absolute Gasteiger partial charge is 0.481 e. The smallest absolute Gasteiger partial charge is 0.309 e. The van der Waals surface area contributed by atoms with Crippen molar-refractivity contribution in [3.63, 3.8) is 0 Å². The highest BCUT2D eigenvalue weighted by Gasteiger charge is 2.37. The number of allylic oxidation sites excluding steroid dienone is 4. The summed E-state index contributed by atoms with van der Waals surface area (Å²) in [6.07, 6.45) is 4.28. The van der Waals surface area contributed by atoms with E-state index in [1.807, 2.05) is 52.0 Å². The third-order valence-corrected chi connectivity index (χ3v) is 8.17. The molecule has 0 radical (unpaired) electrons. The zero-order chi connectivity index (χ0) is 38.1. The lowest BCUT2D eigenvalue weighted by molar-refractivity contribution is -0.146. The molecule has 7 heteroatoms. The molecular formula is C42H59FN2O4. The van der Waals surface area contributed by atoms with Crippen molar-refractivity contribution in [1.29, 1.82) is 0 Å². The fourth-order valence-corrected chi connectivity index (χ4v) is 4.98. The highest BCUT2D eigenvalue weighted by atomic mass is 19.1. The number of aldehydes is 1. The van der Waals surface area contributed by atoms with Crippen molar-refractivity contribution < 1.29 is 23.8 Å². The van der Waals surface area contributed by atoms with Gasteiger partial charge in [0.25, 0.3) is 0 Å². The first-order valence-electron chi connectivity index (χ1n) is 16.8. The second-order valence-electron chi connectivity index (χ2n) is 12.8. The van der Waals surface area contributed by atoms with E-state index < -0.39 is 16.8 Å². The summed E-state index contributed by atoms with van der Waals surface area (Å²) in [4.78, 5) is 28.5. The van der Waals surface area contributed by atoms with E-state index in [4.69, 9.17) is 10.5 Å². The number of nitrogens with two attached hydrogens (primary N) is 1. The lowest BCUT2D eigenvalue weighted by Crippen LogP contribution is -2.28. The van der Waals surface area contributed by atoms with Crippen LogP contribution < -0.4 is 5.73 Å². The van der Waals surface area contributed by atoms with Gasteiger partial charge in [-0.25, -0.2) is 9.38 Å². The average Bonchev–Trinajstić information content (AvgIpc) is 3.06. The normalized spacial score (nSPS) is 14.0. The maximum Gasteiger partial charge on any atom is 0.309 e. The molecule has 2 rings (SSSR count). The molecule has 2 aromatic rings. The van der Waals surface area contributed by atoms with Crippen molar-refractivity contribution in [1.82, 2.24) is 0 Å². The maximum absolute atomic E-state index is 12.4. The van der Waals surface area contributed by atoms with Gasteiger partial charge in [-0.2, -0.15) is 0 Å². The van der Waals surface area contributed by atoms with E-state index in [-0.39, 0.29) is 23.8 Å². The van der Waals surface area contributed by atoms with Crippen LogP contribution in [0.25, 0.3) is 5.57 Å². The van der Waals surface area contributed by atoms with E-state index in [0.29, 0.717) is 34.6 Å². The first-order valence-corrected chi connectivity index (χ1v) is 16.8. The second-order valence-corrected chi connectivity index (χ2v) is 12.8. The molecule has 0 heterocycles. The van der Waals surface area contributed by atoms with E-state index in [0.717, 1.165) is 29.5 Å². The number of carboxylic acid groups (broad SMARTS) is 1. The number of rotatable bonds is 15. The lowest BCUT2D eigenvalue weighted by Gasteiger charge is -2.29. The monoisotopic (exact) mass is 674 g/mol. The first kappa shape index (κ1) is 44.5. The number of carboxylic acids is 1. The number of aliphatic carboxylic acids is 1. The fraction of sp³-hybridized carbons (Fsp3) is 0.405. The number of nitrogens with zero attached hydrogens (tertiary/aromatic N) is 1. The summed E-state index contributed by atoms with van der Waals surface area (Å²) < 4.78 is 18.1. The number of carbonyl (C=O) groups excluding carboxylic acids is 1. The number of hydrogen-bond acceptors (Lipinski definition) is 5. The second kappa shape index (κ2) is 20.8. The highest BCUT2D eigenvalue weighted by Crippen LogP contribution is 2.39. The van der Waals surface area contributed by atoms with Crippen LogP contribution in [0.5, 0.6) is 0 Å². The van der Waals surface area contributed by atoms with Gasteiger partial charge in [0.2, 0.25) is 0 Å². The van der Waals surface area contributed by atoms with Crippen molar-refractivity contribution in [2.45, 2.75) is 101 Å². The molecule has 0 amide bonds. The summed E-state index contributed by atoms with van der Waals surface area (Å²) in [5, 5.41) is 9.39. The molecule has 6 nitrogen and oxygen atoms in total. The van der Waals surface area contributed by atoms with Gasteiger partial charge in [-0.05, 0) is 112 Å². The van der Waals surface area contributed by atoms with Crippen LogP contribution in [0.4, 0.5) is 4.39 Å².